The van der Waals surface area contributed by atoms with E-state index < -0.39 is 0 Å². The van der Waals surface area contributed by atoms with E-state index in [1.165, 1.54) is 12.1 Å². The second-order valence-corrected chi connectivity index (χ2v) is 5.67. The molecule has 2 nitrogen and oxygen atoms in total. The van der Waals surface area contributed by atoms with Crippen molar-refractivity contribution in [2.24, 2.45) is 0 Å². The van der Waals surface area contributed by atoms with E-state index in [4.69, 9.17) is 5.73 Å². The predicted molar refractivity (Wildman–Crippen MR) is 78.9 cm³/mol. The summed E-state index contributed by atoms with van der Waals surface area (Å²) in [6.45, 7) is 4.08. The van der Waals surface area contributed by atoms with Gasteiger partial charge in [0.1, 0.15) is 10.8 Å². The van der Waals surface area contributed by atoms with Gasteiger partial charge in [0.05, 0.1) is 10.2 Å². The fraction of sp³-hybridized carbons (Fsp3) is 0.133. The van der Waals surface area contributed by atoms with Crippen LogP contribution in [-0.2, 0) is 0 Å². The Morgan fingerprint density at radius 3 is 2.74 bits per heavy atom. The van der Waals surface area contributed by atoms with E-state index in [0.29, 0.717) is 5.52 Å². The number of rotatable bonds is 1. The van der Waals surface area contributed by atoms with E-state index in [9.17, 15) is 4.39 Å². The molecule has 4 heteroatoms. The number of nitrogen functional groups attached to an aromatic ring is 1. The molecule has 0 saturated heterocycles. The van der Waals surface area contributed by atoms with Crippen LogP contribution in [0.25, 0.3) is 20.8 Å². The zero-order chi connectivity index (χ0) is 13.6. The Kier molecular flexibility index (Phi) is 2.75. The molecule has 2 N–H and O–H groups in total. The van der Waals surface area contributed by atoms with Gasteiger partial charge in [0.15, 0.2) is 0 Å². The van der Waals surface area contributed by atoms with Gasteiger partial charge in [0, 0.05) is 17.3 Å². The second-order valence-electron chi connectivity index (χ2n) is 4.64. The van der Waals surface area contributed by atoms with Crippen molar-refractivity contribution in [2.45, 2.75) is 13.8 Å². The number of anilines is 1. The molecule has 1 aromatic heterocycles. The second kappa shape index (κ2) is 4.31. The van der Waals surface area contributed by atoms with Crippen LogP contribution in [0.5, 0.6) is 0 Å². The smallest absolute Gasteiger partial charge is 0.125 e. The largest absolute Gasteiger partial charge is 0.399 e. The highest BCUT2D eigenvalue weighted by Gasteiger charge is 2.11. The maximum atomic E-state index is 13.2. The first kappa shape index (κ1) is 12.1. The van der Waals surface area contributed by atoms with E-state index >= 15 is 0 Å². The minimum atomic E-state index is -0.259. The summed E-state index contributed by atoms with van der Waals surface area (Å²) >= 11 is 1.56. The number of hydrogen-bond donors (Lipinski definition) is 1. The molecule has 0 aliphatic carbocycles. The first-order valence-electron chi connectivity index (χ1n) is 5.98. The average Bonchev–Trinajstić information content (AvgIpc) is 2.76. The number of hydrogen-bond acceptors (Lipinski definition) is 3. The van der Waals surface area contributed by atoms with Crippen molar-refractivity contribution in [3.63, 3.8) is 0 Å². The van der Waals surface area contributed by atoms with Gasteiger partial charge in [-0.1, -0.05) is 0 Å². The molecule has 0 bridgehead atoms. The van der Waals surface area contributed by atoms with Gasteiger partial charge in [-0.15, -0.1) is 11.3 Å². The van der Waals surface area contributed by atoms with Crippen molar-refractivity contribution in [3.8, 4) is 10.6 Å². The summed E-state index contributed by atoms with van der Waals surface area (Å²) in [7, 11) is 0. The number of thiazole rings is 1. The summed E-state index contributed by atoms with van der Waals surface area (Å²) in [5.41, 5.74) is 10.6. The van der Waals surface area contributed by atoms with Gasteiger partial charge in [-0.2, -0.15) is 0 Å². The van der Waals surface area contributed by atoms with Gasteiger partial charge >= 0.3 is 0 Å². The van der Waals surface area contributed by atoms with Crippen molar-refractivity contribution >= 4 is 27.2 Å². The number of aromatic nitrogens is 1. The van der Waals surface area contributed by atoms with Gasteiger partial charge in [-0.3, -0.25) is 0 Å². The lowest BCUT2D eigenvalue weighted by atomic mass is 10.0. The first-order valence-corrected chi connectivity index (χ1v) is 6.79. The summed E-state index contributed by atoms with van der Waals surface area (Å²) < 4.78 is 14.2. The Bertz CT molecular complexity index is 777. The van der Waals surface area contributed by atoms with E-state index in [2.05, 4.69) is 11.9 Å². The van der Waals surface area contributed by atoms with Gasteiger partial charge < -0.3 is 5.73 Å². The predicted octanol–water partition coefficient (Wildman–Crippen LogP) is 4.30. The van der Waals surface area contributed by atoms with Gasteiger partial charge in [-0.05, 0) is 49.2 Å². The normalized spacial score (nSPS) is 11.1. The van der Waals surface area contributed by atoms with Crippen molar-refractivity contribution in [1.82, 2.24) is 4.98 Å². The third kappa shape index (κ3) is 2.08. The Morgan fingerprint density at radius 2 is 1.95 bits per heavy atom. The van der Waals surface area contributed by atoms with Gasteiger partial charge in [-0.25, -0.2) is 9.37 Å². The summed E-state index contributed by atoms with van der Waals surface area (Å²) in [5.74, 6) is -0.259. The number of fused-ring (bicyclic) bond motifs is 1. The van der Waals surface area contributed by atoms with E-state index in [1.807, 2.05) is 19.1 Å². The molecular weight excluding hydrogens is 259 g/mol. The van der Waals surface area contributed by atoms with Crippen LogP contribution < -0.4 is 5.73 Å². The van der Waals surface area contributed by atoms with Crippen molar-refractivity contribution in [2.75, 3.05) is 5.73 Å². The quantitative estimate of drug-likeness (QED) is 0.671. The molecule has 0 aliphatic rings. The minimum absolute atomic E-state index is 0.259. The average molecular weight is 272 g/mol. The molecule has 2 aromatic carbocycles. The number of halogens is 1. The lowest BCUT2D eigenvalue weighted by Gasteiger charge is -2.07. The zero-order valence-corrected chi connectivity index (χ0v) is 11.5. The number of nitrogens with two attached hydrogens (primary N) is 1. The highest BCUT2D eigenvalue weighted by Crippen LogP contribution is 2.34. The van der Waals surface area contributed by atoms with Crippen molar-refractivity contribution in [1.29, 1.82) is 0 Å². The fourth-order valence-electron chi connectivity index (χ4n) is 2.13. The van der Waals surface area contributed by atoms with Gasteiger partial charge in [0.25, 0.3) is 0 Å². The molecular formula is C15H13FN2S. The topological polar surface area (TPSA) is 38.9 Å². The summed E-state index contributed by atoms with van der Waals surface area (Å²) in [5, 5.41) is 0.883. The third-order valence-corrected chi connectivity index (χ3v) is 4.34. The Hall–Kier alpha value is -1.94. The molecule has 1 heterocycles. The molecule has 0 unspecified atom stereocenters. The van der Waals surface area contributed by atoms with Crippen LogP contribution in [0.2, 0.25) is 0 Å². The van der Waals surface area contributed by atoms with Crippen LogP contribution in [0.3, 0.4) is 0 Å². The Balaban J connectivity index is 2.24. The first-order chi connectivity index (χ1) is 9.04. The lowest BCUT2D eigenvalue weighted by Crippen LogP contribution is -1.92. The molecule has 3 aromatic rings. The van der Waals surface area contributed by atoms with Crippen LogP contribution in [0.1, 0.15) is 11.1 Å². The monoisotopic (exact) mass is 272 g/mol. The fourth-order valence-corrected chi connectivity index (χ4v) is 3.14. The number of nitrogens with zero attached hydrogens (tertiary/aromatic N) is 1. The summed E-state index contributed by atoms with van der Waals surface area (Å²) in [6.07, 6.45) is 0. The molecule has 0 radical (unpaired) electrons. The molecule has 19 heavy (non-hydrogen) atoms. The van der Waals surface area contributed by atoms with E-state index in [1.54, 1.807) is 17.4 Å². The van der Waals surface area contributed by atoms with Crippen molar-refractivity contribution < 1.29 is 4.39 Å². The molecule has 0 amide bonds. The van der Waals surface area contributed by atoms with Crippen molar-refractivity contribution in [3.05, 3.63) is 47.3 Å². The third-order valence-electron chi connectivity index (χ3n) is 3.27. The number of aryl methyl sites for hydroxylation is 1. The molecule has 0 fully saturated rings. The van der Waals surface area contributed by atoms with Crippen LogP contribution in [0.15, 0.2) is 30.3 Å². The summed E-state index contributed by atoms with van der Waals surface area (Å²) in [6, 6.07) is 8.56. The molecule has 0 aliphatic heterocycles. The zero-order valence-electron chi connectivity index (χ0n) is 10.7. The van der Waals surface area contributed by atoms with Crippen LogP contribution in [0.4, 0.5) is 10.1 Å². The van der Waals surface area contributed by atoms with Gasteiger partial charge in [0.2, 0.25) is 0 Å². The lowest BCUT2D eigenvalue weighted by molar-refractivity contribution is 0.629. The minimum Gasteiger partial charge on any atom is -0.399 e. The van der Waals surface area contributed by atoms with Crippen LogP contribution >= 0.6 is 11.3 Å². The molecule has 0 atom stereocenters. The highest BCUT2D eigenvalue weighted by molar-refractivity contribution is 7.21. The maximum absolute atomic E-state index is 13.2. The summed E-state index contributed by atoms with van der Waals surface area (Å²) in [4.78, 5) is 4.51. The maximum Gasteiger partial charge on any atom is 0.125 e. The van der Waals surface area contributed by atoms with E-state index in [0.717, 1.165) is 32.1 Å². The Morgan fingerprint density at radius 1 is 1.16 bits per heavy atom. The highest BCUT2D eigenvalue weighted by atomic mass is 32.1. The van der Waals surface area contributed by atoms with E-state index in [-0.39, 0.29) is 5.82 Å². The SMILES string of the molecule is Cc1cc(N)cc(-c2nc3cc(F)ccc3s2)c1C. The standard InChI is InChI=1S/C15H13FN2S/c1-8-5-11(17)7-12(9(8)2)15-18-13-6-10(16)3-4-14(13)19-15/h3-7H,17H2,1-2H3. The number of benzene rings is 2. The molecule has 3 rings (SSSR count). The van der Waals surface area contributed by atoms with Crippen LogP contribution in [-0.4, -0.2) is 4.98 Å². The van der Waals surface area contributed by atoms with Crippen LogP contribution in [0, 0.1) is 19.7 Å². The molecule has 96 valence electrons. The Labute approximate surface area is 114 Å². The molecule has 0 spiro atoms. The molecule has 0 saturated carbocycles.